The molecular formula is C19H21N3O. The number of para-hydroxylation sites is 2. The summed E-state index contributed by atoms with van der Waals surface area (Å²) in [7, 11) is 3.70. The van der Waals surface area contributed by atoms with Crippen molar-refractivity contribution < 1.29 is 4.74 Å². The zero-order valence-corrected chi connectivity index (χ0v) is 13.9. The van der Waals surface area contributed by atoms with Crippen LogP contribution in [0.1, 0.15) is 19.4 Å². The van der Waals surface area contributed by atoms with Crippen molar-refractivity contribution in [2.24, 2.45) is 10.2 Å². The summed E-state index contributed by atoms with van der Waals surface area (Å²) in [6.07, 6.45) is 1.84. The molecule has 2 aromatic carbocycles. The van der Waals surface area contributed by atoms with Gasteiger partial charge in [-0.05, 0) is 23.8 Å². The first-order valence-corrected chi connectivity index (χ1v) is 7.63. The summed E-state index contributed by atoms with van der Waals surface area (Å²) in [6.45, 7) is 4.42. The van der Waals surface area contributed by atoms with Crippen molar-refractivity contribution in [2.75, 3.05) is 19.1 Å². The van der Waals surface area contributed by atoms with Crippen LogP contribution in [0.3, 0.4) is 0 Å². The summed E-state index contributed by atoms with van der Waals surface area (Å²) in [6, 6.07) is 16.0. The van der Waals surface area contributed by atoms with E-state index in [2.05, 4.69) is 60.3 Å². The minimum atomic E-state index is -0.0921. The first-order valence-electron chi connectivity index (χ1n) is 7.63. The molecule has 0 aromatic heterocycles. The number of rotatable bonds is 3. The highest BCUT2D eigenvalue weighted by molar-refractivity contribution is 5.69. The molecule has 2 aromatic rings. The third kappa shape index (κ3) is 2.61. The Bertz CT molecular complexity index is 778. The zero-order chi connectivity index (χ0) is 16.4. The van der Waals surface area contributed by atoms with E-state index in [0.717, 1.165) is 17.1 Å². The normalized spacial score (nSPS) is 17.7. The Hall–Kier alpha value is -2.62. The predicted octanol–water partition coefficient (Wildman–Crippen LogP) is 5.05. The van der Waals surface area contributed by atoms with E-state index < -0.39 is 0 Å². The molecule has 0 spiro atoms. The van der Waals surface area contributed by atoms with Crippen LogP contribution in [-0.4, -0.2) is 14.2 Å². The second kappa shape index (κ2) is 5.88. The quantitative estimate of drug-likeness (QED) is 0.744. The highest BCUT2D eigenvalue weighted by Gasteiger charge is 2.38. The summed E-state index contributed by atoms with van der Waals surface area (Å²) < 4.78 is 5.30. The summed E-state index contributed by atoms with van der Waals surface area (Å²) >= 11 is 0. The first-order chi connectivity index (χ1) is 11.1. The second-order valence-corrected chi connectivity index (χ2v) is 6.10. The minimum Gasteiger partial charge on any atom is -0.494 e. The number of hydrogen-bond donors (Lipinski definition) is 0. The van der Waals surface area contributed by atoms with Crippen molar-refractivity contribution in [2.45, 2.75) is 19.3 Å². The Kier molecular flexibility index (Phi) is 3.90. The number of fused-ring (bicyclic) bond motifs is 1. The second-order valence-electron chi connectivity index (χ2n) is 6.10. The molecule has 0 amide bonds. The molecule has 0 N–H and O–H groups in total. The number of likely N-dealkylation sites (N-methyl/N-ethyl adjacent to an activating group) is 1. The lowest BCUT2D eigenvalue weighted by atomic mass is 9.84. The van der Waals surface area contributed by atoms with Crippen LogP contribution in [0, 0.1) is 0 Å². The number of azo groups is 1. The van der Waals surface area contributed by atoms with Crippen LogP contribution in [0.15, 0.2) is 70.7 Å². The average molecular weight is 307 g/mol. The summed E-state index contributed by atoms with van der Waals surface area (Å²) in [4.78, 5) is 2.18. The Labute approximate surface area is 137 Å². The highest BCUT2D eigenvalue weighted by Crippen LogP contribution is 2.46. The van der Waals surface area contributed by atoms with Crippen molar-refractivity contribution >= 4 is 11.4 Å². The molecular weight excluding hydrogens is 286 g/mol. The molecule has 1 aliphatic rings. The van der Waals surface area contributed by atoms with E-state index in [0.29, 0.717) is 0 Å². The van der Waals surface area contributed by atoms with Gasteiger partial charge >= 0.3 is 0 Å². The van der Waals surface area contributed by atoms with Gasteiger partial charge in [-0.25, -0.2) is 0 Å². The van der Waals surface area contributed by atoms with Crippen molar-refractivity contribution in [1.82, 2.24) is 0 Å². The molecule has 0 saturated heterocycles. The number of hydrogen-bond acceptors (Lipinski definition) is 4. The van der Waals surface area contributed by atoms with Crippen LogP contribution in [0.5, 0.6) is 5.75 Å². The number of nitrogens with zero attached hydrogens (tertiary/aromatic N) is 3. The molecule has 0 aliphatic carbocycles. The van der Waals surface area contributed by atoms with Crippen LogP contribution in [0.25, 0.3) is 0 Å². The molecule has 1 heterocycles. The fraction of sp³-hybridized carbons (Fsp3) is 0.263. The lowest BCUT2D eigenvalue weighted by Crippen LogP contribution is -2.22. The van der Waals surface area contributed by atoms with Gasteiger partial charge in [-0.15, -0.1) is 5.11 Å². The van der Waals surface area contributed by atoms with E-state index in [9.17, 15) is 0 Å². The van der Waals surface area contributed by atoms with Crippen LogP contribution < -0.4 is 9.64 Å². The number of methoxy groups -OCH3 is 1. The summed E-state index contributed by atoms with van der Waals surface area (Å²) in [5.74, 6) is 0.719. The fourth-order valence-electron chi connectivity index (χ4n) is 3.09. The molecule has 0 unspecified atom stereocenters. The van der Waals surface area contributed by atoms with E-state index in [4.69, 9.17) is 4.74 Å². The van der Waals surface area contributed by atoms with Gasteiger partial charge in [-0.3, -0.25) is 0 Å². The van der Waals surface area contributed by atoms with Crippen molar-refractivity contribution in [1.29, 1.82) is 0 Å². The van der Waals surface area contributed by atoms with E-state index in [1.165, 1.54) is 11.3 Å². The Morgan fingerprint density at radius 1 is 1.04 bits per heavy atom. The molecule has 23 heavy (non-hydrogen) atoms. The molecule has 0 saturated carbocycles. The van der Waals surface area contributed by atoms with E-state index in [1.807, 2.05) is 30.5 Å². The van der Waals surface area contributed by atoms with Gasteiger partial charge in [-0.2, -0.15) is 5.11 Å². The van der Waals surface area contributed by atoms with Gasteiger partial charge in [0.15, 0.2) is 0 Å². The van der Waals surface area contributed by atoms with Crippen molar-refractivity contribution in [3.05, 3.63) is 66.0 Å². The molecule has 4 heteroatoms. The van der Waals surface area contributed by atoms with Gasteiger partial charge in [0.2, 0.25) is 0 Å². The standard InChI is InChI=1S/C19H21N3O/c1-19(2)14-9-5-7-11-16(14)22(3)18(19)13-20-21-15-10-6-8-12-17(15)23-4/h5-13H,1-4H3/b18-13+,21-20+. The maximum absolute atomic E-state index is 5.30. The minimum absolute atomic E-state index is 0.0921. The molecule has 0 bridgehead atoms. The van der Waals surface area contributed by atoms with Gasteiger partial charge in [0.05, 0.1) is 13.3 Å². The van der Waals surface area contributed by atoms with Gasteiger partial charge in [0, 0.05) is 23.8 Å². The van der Waals surface area contributed by atoms with Gasteiger partial charge < -0.3 is 9.64 Å². The zero-order valence-electron chi connectivity index (χ0n) is 13.9. The molecule has 3 rings (SSSR count). The smallest absolute Gasteiger partial charge is 0.146 e. The summed E-state index contributed by atoms with van der Waals surface area (Å²) in [5.41, 5.74) is 4.28. The SMILES string of the molecule is COc1ccccc1/N=N/C=C1/N(C)c2ccccc2C1(C)C. The van der Waals surface area contributed by atoms with E-state index >= 15 is 0 Å². The van der Waals surface area contributed by atoms with E-state index in [1.54, 1.807) is 7.11 Å². The lowest BCUT2D eigenvalue weighted by molar-refractivity contribution is 0.416. The Morgan fingerprint density at radius 3 is 2.48 bits per heavy atom. The third-order valence-corrected chi connectivity index (χ3v) is 4.37. The summed E-state index contributed by atoms with van der Waals surface area (Å²) in [5, 5.41) is 8.60. The van der Waals surface area contributed by atoms with Crippen molar-refractivity contribution in [3.63, 3.8) is 0 Å². The Morgan fingerprint density at radius 2 is 1.74 bits per heavy atom. The number of benzene rings is 2. The van der Waals surface area contributed by atoms with Crippen molar-refractivity contribution in [3.8, 4) is 5.75 Å². The van der Waals surface area contributed by atoms with Crippen LogP contribution in [0.4, 0.5) is 11.4 Å². The molecule has 1 aliphatic heterocycles. The lowest BCUT2D eigenvalue weighted by Gasteiger charge is -2.22. The molecule has 4 nitrogen and oxygen atoms in total. The van der Waals surface area contributed by atoms with Gasteiger partial charge in [0.1, 0.15) is 11.4 Å². The number of ether oxygens (including phenoxy) is 1. The molecule has 0 radical (unpaired) electrons. The number of allylic oxidation sites excluding steroid dienone is 1. The maximum atomic E-state index is 5.30. The first kappa shape index (κ1) is 15.3. The van der Waals surface area contributed by atoms with Crippen LogP contribution >= 0.6 is 0 Å². The van der Waals surface area contributed by atoms with Crippen LogP contribution in [0.2, 0.25) is 0 Å². The molecule has 0 atom stereocenters. The fourth-order valence-corrected chi connectivity index (χ4v) is 3.09. The molecule has 0 fully saturated rings. The topological polar surface area (TPSA) is 37.2 Å². The highest BCUT2D eigenvalue weighted by atomic mass is 16.5. The maximum Gasteiger partial charge on any atom is 0.146 e. The van der Waals surface area contributed by atoms with E-state index in [-0.39, 0.29) is 5.41 Å². The third-order valence-electron chi connectivity index (χ3n) is 4.37. The van der Waals surface area contributed by atoms with Gasteiger partial charge in [-0.1, -0.05) is 44.2 Å². The Balaban J connectivity index is 1.93. The predicted molar refractivity (Wildman–Crippen MR) is 93.5 cm³/mol. The van der Waals surface area contributed by atoms with Crippen LogP contribution in [-0.2, 0) is 5.41 Å². The molecule has 118 valence electrons. The number of anilines is 1. The monoisotopic (exact) mass is 307 g/mol. The average Bonchev–Trinajstić information content (AvgIpc) is 2.76. The largest absolute Gasteiger partial charge is 0.494 e. The van der Waals surface area contributed by atoms with Gasteiger partial charge in [0.25, 0.3) is 0 Å².